The maximum atomic E-state index is 9.79. The van der Waals surface area contributed by atoms with Gasteiger partial charge in [-0.2, -0.15) is 0 Å². The quantitative estimate of drug-likeness (QED) is 0.884. The lowest BCUT2D eigenvalue weighted by Gasteiger charge is -2.07. The van der Waals surface area contributed by atoms with Crippen LogP contribution < -0.4 is 10.1 Å². The molecule has 0 fully saturated rings. The van der Waals surface area contributed by atoms with Gasteiger partial charge in [0.25, 0.3) is 0 Å². The van der Waals surface area contributed by atoms with Crippen molar-refractivity contribution in [1.82, 2.24) is 5.32 Å². The summed E-state index contributed by atoms with van der Waals surface area (Å²) in [6, 6.07) is 9.17. The van der Waals surface area contributed by atoms with Crippen LogP contribution in [-0.4, -0.2) is 12.2 Å². The smallest absolute Gasteiger partial charge is 0.123 e. The molecule has 1 aromatic heterocycles. The molecule has 18 heavy (non-hydrogen) atoms. The third kappa shape index (κ3) is 3.38. The van der Waals surface area contributed by atoms with E-state index in [1.807, 2.05) is 24.3 Å². The number of benzene rings is 1. The van der Waals surface area contributed by atoms with Crippen molar-refractivity contribution < 1.29 is 9.84 Å². The summed E-state index contributed by atoms with van der Waals surface area (Å²) in [7, 11) is 1.58. The molecule has 3 nitrogen and oxygen atoms in total. The zero-order valence-electron chi connectivity index (χ0n) is 9.94. The number of rotatable bonds is 5. The Morgan fingerprint density at radius 2 is 2.11 bits per heavy atom. The number of halogens is 1. The molecule has 2 aromatic rings. The topological polar surface area (TPSA) is 41.5 Å². The van der Waals surface area contributed by atoms with Gasteiger partial charge in [0.15, 0.2) is 0 Å². The molecule has 0 radical (unpaired) electrons. The van der Waals surface area contributed by atoms with Gasteiger partial charge in [0.05, 0.1) is 11.4 Å². The molecule has 0 aliphatic rings. The summed E-state index contributed by atoms with van der Waals surface area (Å²) >= 11 is 7.41. The minimum atomic E-state index is 0.242. The Balaban J connectivity index is 1.90. The fourth-order valence-corrected chi connectivity index (χ4v) is 2.64. The van der Waals surface area contributed by atoms with Crippen molar-refractivity contribution in [3.63, 3.8) is 0 Å². The van der Waals surface area contributed by atoms with Crippen LogP contribution in [0.15, 0.2) is 30.3 Å². The summed E-state index contributed by atoms with van der Waals surface area (Å²) in [5, 5.41) is 13.0. The first-order valence-electron chi connectivity index (χ1n) is 5.50. The molecule has 0 saturated carbocycles. The molecule has 1 heterocycles. The Hall–Kier alpha value is -1.23. The average molecular weight is 284 g/mol. The van der Waals surface area contributed by atoms with Crippen molar-refractivity contribution in [2.24, 2.45) is 0 Å². The van der Waals surface area contributed by atoms with Crippen LogP contribution in [0.2, 0.25) is 4.34 Å². The molecule has 2 rings (SSSR count). The molecule has 1 aromatic carbocycles. The van der Waals surface area contributed by atoms with Crippen LogP contribution in [-0.2, 0) is 13.1 Å². The third-order valence-corrected chi connectivity index (χ3v) is 3.77. The second-order valence-electron chi connectivity index (χ2n) is 3.80. The van der Waals surface area contributed by atoms with Gasteiger partial charge in [-0.05, 0) is 18.2 Å². The van der Waals surface area contributed by atoms with Gasteiger partial charge in [-0.1, -0.05) is 17.7 Å². The molecular weight excluding hydrogens is 270 g/mol. The molecule has 0 spiro atoms. The zero-order valence-corrected chi connectivity index (χ0v) is 11.5. The number of aromatic hydroxyl groups is 1. The number of ether oxygens (including phenoxy) is 1. The highest BCUT2D eigenvalue weighted by Gasteiger charge is 2.03. The molecule has 0 bridgehead atoms. The second kappa shape index (κ2) is 6.09. The van der Waals surface area contributed by atoms with Crippen molar-refractivity contribution in [3.8, 4) is 11.5 Å². The van der Waals surface area contributed by atoms with Crippen molar-refractivity contribution >= 4 is 22.9 Å². The molecule has 0 aliphatic carbocycles. The predicted molar refractivity (Wildman–Crippen MR) is 74.5 cm³/mol. The van der Waals surface area contributed by atoms with Gasteiger partial charge in [0, 0.05) is 29.6 Å². The average Bonchev–Trinajstić information content (AvgIpc) is 2.77. The van der Waals surface area contributed by atoms with Gasteiger partial charge in [-0.25, -0.2) is 0 Å². The monoisotopic (exact) mass is 283 g/mol. The largest absolute Gasteiger partial charge is 0.507 e. The number of phenolic OH excluding ortho intramolecular Hbond substituents is 1. The van der Waals surface area contributed by atoms with Gasteiger partial charge < -0.3 is 15.2 Å². The number of hydrogen-bond donors (Lipinski definition) is 2. The molecule has 0 aliphatic heterocycles. The van der Waals surface area contributed by atoms with E-state index in [4.69, 9.17) is 16.3 Å². The van der Waals surface area contributed by atoms with Gasteiger partial charge in [0.1, 0.15) is 11.5 Å². The highest BCUT2D eigenvalue weighted by Crippen LogP contribution is 2.24. The lowest BCUT2D eigenvalue weighted by Crippen LogP contribution is -2.11. The number of thiophene rings is 1. The molecule has 0 saturated heterocycles. The fourth-order valence-electron chi connectivity index (χ4n) is 1.59. The van der Waals surface area contributed by atoms with Gasteiger partial charge in [-0.15, -0.1) is 11.3 Å². The predicted octanol–water partition coefficient (Wildman–Crippen LogP) is 3.41. The first kappa shape index (κ1) is 13.2. The third-order valence-electron chi connectivity index (χ3n) is 2.54. The maximum absolute atomic E-state index is 9.79. The molecule has 96 valence electrons. The molecule has 0 unspecified atom stereocenters. The standard InChI is InChI=1S/C13H14ClNO2S/c1-17-10-3-2-9(12(16)6-10)7-15-8-11-4-5-13(14)18-11/h2-6,15-16H,7-8H2,1H3. The Bertz CT molecular complexity index is 527. The molecule has 0 atom stereocenters. The fraction of sp³-hybridized carbons (Fsp3) is 0.231. The highest BCUT2D eigenvalue weighted by molar-refractivity contribution is 7.16. The van der Waals surface area contributed by atoms with Crippen LogP contribution in [0.3, 0.4) is 0 Å². The lowest BCUT2D eigenvalue weighted by atomic mass is 10.2. The SMILES string of the molecule is COc1ccc(CNCc2ccc(Cl)s2)c(O)c1. The number of nitrogens with one attached hydrogen (secondary N) is 1. The van der Waals surface area contributed by atoms with Crippen LogP contribution in [0.4, 0.5) is 0 Å². The number of phenols is 1. The summed E-state index contributed by atoms with van der Waals surface area (Å²) in [5.41, 5.74) is 0.846. The first-order valence-corrected chi connectivity index (χ1v) is 6.69. The van der Waals surface area contributed by atoms with Crippen LogP contribution in [0, 0.1) is 0 Å². The van der Waals surface area contributed by atoms with E-state index in [0.717, 1.165) is 16.4 Å². The molecule has 5 heteroatoms. The minimum Gasteiger partial charge on any atom is -0.507 e. The molecule has 2 N–H and O–H groups in total. The van der Waals surface area contributed by atoms with Crippen LogP contribution in [0.25, 0.3) is 0 Å². The highest BCUT2D eigenvalue weighted by atomic mass is 35.5. The number of hydrogen-bond acceptors (Lipinski definition) is 4. The van der Waals surface area contributed by atoms with Crippen molar-refractivity contribution in [2.45, 2.75) is 13.1 Å². The van der Waals surface area contributed by atoms with Gasteiger partial charge in [0.2, 0.25) is 0 Å². The van der Waals surface area contributed by atoms with E-state index in [9.17, 15) is 5.11 Å². The van der Waals surface area contributed by atoms with Crippen LogP contribution in [0.1, 0.15) is 10.4 Å². The van der Waals surface area contributed by atoms with E-state index in [2.05, 4.69) is 5.32 Å². The van der Waals surface area contributed by atoms with E-state index >= 15 is 0 Å². The lowest BCUT2D eigenvalue weighted by molar-refractivity contribution is 0.406. The minimum absolute atomic E-state index is 0.242. The number of methoxy groups -OCH3 is 1. The summed E-state index contributed by atoms with van der Waals surface area (Å²) in [4.78, 5) is 1.17. The van der Waals surface area contributed by atoms with Crippen molar-refractivity contribution in [3.05, 3.63) is 45.1 Å². The van der Waals surface area contributed by atoms with E-state index in [1.165, 1.54) is 4.88 Å². The van der Waals surface area contributed by atoms with Crippen LogP contribution >= 0.6 is 22.9 Å². The summed E-state index contributed by atoms with van der Waals surface area (Å²) < 4.78 is 5.82. The second-order valence-corrected chi connectivity index (χ2v) is 5.60. The molecule has 0 amide bonds. The maximum Gasteiger partial charge on any atom is 0.123 e. The Morgan fingerprint density at radius 1 is 1.28 bits per heavy atom. The summed E-state index contributed by atoms with van der Waals surface area (Å²) in [6.45, 7) is 1.34. The van der Waals surface area contributed by atoms with Gasteiger partial charge in [-0.3, -0.25) is 0 Å². The van der Waals surface area contributed by atoms with Crippen LogP contribution in [0.5, 0.6) is 11.5 Å². The molecular formula is C13H14ClNO2S. The first-order chi connectivity index (χ1) is 8.69. The van der Waals surface area contributed by atoms with Gasteiger partial charge >= 0.3 is 0 Å². The normalized spacial score (nSPS) is 10.6. The van der Waals surface area contributed by atoms with E-state index in [0.29, 0.717) is 12.3 Å². The Labute approximate surface area is 115 Å². The Morgan fingerprint density at radius 3 is 2.72 bits per heavy atom. The zero-order chi connectivity index (χ0) is 13.0. The summed E-state index contributed by atoms with van der Waals surface area (Å²) in [6.07, 6.45) is 0. The van der Waals surface area contributed by atoms with E-state index in [1.54, 1.807) is 24.5 Å². The van der Waals surface area contributed by atoms with E-state index < -0.39 is 0 Å². The van der Waals surface area contributed by atoms with Crippen molar-refractivity contribution in [1.29, 1.82) is 0 Å². The Kier molecular flexibility index (Phi) is 4.47. The van der Waals surface area contributed by atoms with E-state index in [-0.39, 0.29) is 5.75 Å². The van der Waals surface area contributed by atoms with Crippen molar-refractivity contribution in [2.75, 3.05) is 7.11 Å². The summed E-state index contributed by atoms with van der Waals surface area (Å²) in [5.74, 6) is 0.896.